The predicted octanol–water partition coefficient (Wildman–Crippen LogP) is 2.87. The summed E-state index contributed by atoms with van der Waals surface area (Å²) in [6.07, 6.45) is -3.32. The van der Waals surface area contributed by atoms with Crippen LogP contribution in [-0.4, -0.2) is 57.6 Å². The molecule has 0 bridgehead atoms. The van der Waals surface area contributed by atoms with Crippen molar-refractivity contribution in [2.24, 2.45) is 0 Å². The molecule has 1 rings (SSSR count). The van der Waals surface area contributed by atoms with E-state index in [1.165, 1.54) is 31.4 Å². The number of methoxy groups -OCH3 is 1. The molecule has 0 spiro atoms. The second-order valence-electron chi connectivity index (χ2n) is 6.71. The van der Waals surface area contributed by atoms with Gasteiger partial charge in [-0.15, -0.1) is 0 Å². The van der Waals surface area contributed by atoms with E-state index >= 15 is 0 Å². The first-order valence-electron chi connectivity index (χ1n) is 8.35. The van der Waals surface area contributed by atoms with E-state index < -0.39 is 34.7 Å². The molecule has 0 radical (unpaired) electrons. The van der Waals surface area contributed by atoms with Gasteiger partial charge in [0.25, 0.3) is 6.43 Å². The van der Waals surface area contributed by atoms with E-state index in [9.17, 15) is 22.0 Å². The number of carbonyl (C=O) groups is 1. The third-order valence-corrected chi connectivity index (χ3v) is 5.17. The Morgan fingerprint density at radius 1 is 1.22 bits per heavy atom. The van der Waals surface area contributed by atoms with Gasteiger partial charge in [-0.05, 0) is 51.5 Å². The zero-order chi connectivity index (χ0) is 20.7. The molecule has 27 heavy (non-hydrogen) atoms. The van der Waals surface area contributed by atoms with Crippen LogP contribution in [0.2, 0.25) is 0 Å². The maximum Gasteiger partial charge on any atom is 0.407 e. The molecule has 10 heteroatoms. The number of benzene rings is 1. The van der Waals surface area contributed by atoms with Gasteiger partial charge < -0.3 is 14.8 Å². The lowest BCUT2D eigenvalue weighted by molar-refractivity contribution is 0.0525. The van der Waals surface area contributed by atoms with Gasteiger partial charge in [0, 0.05) is 13.1 Å². The molecule has 0 aliphatic rings. The molecule has 0 saturated carbocycles. The molecule has 1 aromatic rings. The maximum absolute atomic E-state index is 12.9. The Kier molecular flexibility index (Phi) is 8.42. The molecule has 0 aromatic heterocycles. The summed E-state index contributed by atoms with van der Waals surface area (Å²) in [5, 5.41) is 2.47. The number of alkyl halides is 2. The summed E-state index contributed by atoms with van der Waals surface area (Å²) < 4.78 is 61.7. The fourth-order valence-corrected chi connectivity index (χ4v) is 3.58. The number of halogens is 2. The Morgan fingerprint density at radius 2 is 1.81 bits per heavy atom. The van der Waals surface area contributed by atoms with Crippen LogP contribution >= 0.6 is 0 Å². The van der Waals surface area contributed by atoms with Gasteiger partial charge >= 0.3 is 6.09 Å². The first-order valence-corrected chi connectivity index (χ1v) is 9.79. The van der Waals surface area contributed by atoms with Crippen LogP contribution in [0.5, 0.6) is 5.75 Å². The van der Waals surface area contributed by atoms with Crippen molar-refractivity contribution in [3.8, 4) is 5.75 Å². The molecule has 154 valence electrons. The zero-order valence-electron chi connectivity index (χ0n) is 15.9. The van der Waals surface area contributed by atoms with Crippen molar-refractivity contribution in [3.63, 3.8) is 0 Å². The maximum atomic E-state index is 12.9. The highest BCUT2D eigenvalue weighted by Crippen LogP contribution is 2.20. The standard InChI is InChI=1S/C17H26F2N2O5S/c1-17(2,3)26-16(22)20-10-5-11-21(12-15(18)19)27(23,24)14-8-6-13(25-4)7-9-14/h6-9,15H,5,10-12H2,1-4H3,(H,20,22). The molecular weight excluding hydrogens is 382 g/mol. The van der Waals surface area contributed by atoms with Crippen molar-refractivity contribution in [2.45, 2.75) is 44.1 Å². The smallest absolute Gasteiger partial charge is 0.407 e. The lowest BCUT2D eigenvalue weighted by Crippen LogP contribution is -2.38. The molecule has 0 fully saturated rings. The topological polar surface area (TPSA) is 84.9 Å². The molecule has 1 N–H and O–H groups in total. The van der Waals surface area contributed by atoms with Gasteiger partial charge in [0.1, 0.15) is 11.4 Å². The van der Waals surface area contributed by atoms with Crippen LogP contribution in [0.15, 0.2) is 29.2 Å². The molecule has 0 aliphatic carbocycles. The van der Waals surface area contributed by atoms with E-state index in [1.54, 1.807) is 20.8 Å². The van der Waals surface area contributed by atoms with Gasteiger partial charge in [-0.1, -0.05) is 0 Å². The Labute approximate surface area is 158 Å². The van der Waals surface area contributed by atoms with Gasteiger partial charge in [-0.3, -0.25) is 0 Å². The summed E-state index contributed by atoms with van der Waals surface area (Å²) in [4.78, 5) is 11.5. The number of hydrogen-bond donors (Lipinski definition) is 1. The highest BCUT2D eigenvalue weighted by molar-refractivity contribution is 7.89. The highest BCUT2D eigenvalue weighted by atomic mass is 32.2. The highest BCUT2D eigenvalue weighted by Gasteiger charge is 2.27. The van der Waals surface area contributed by atoms with Crippen LogP contribution in [0.1, 0.15) is 27.2 Å². The fourth-order valence-electron chi connectivity index (χ4n) is 2.12. The summed E-state index contributed by atoms with van der Waals surface area (Å²) in [5.74, 6) is 0.455. The van der Waals surface area contributed by atoms with Gasteiger partial charge in [0.05, 0.1) is 18.6 Å². The van der Waals surface area contributed by atoms with Crippen molar-refractivity contribution < 1.29 is 31.5 Å². The number of sulfonamides is 1. The van der Waals surface area contributed by atoms with Gasteiger partial charge in [0.2, 0.25) is 10.0 Å². The van der Waals surface area contributed by atoms with Crippen molar-refractivity contribution in [3.05, 3.63) is 24.3 Å². The quantitative estimate of drug-likeness (QED) is 0.635. The monoisotopic (exact) mass is 408 g/mol. The van der Waals surface area contributed by atoms with Crippen LogP contribution < -0.4 is 10.1 Å². The molecule has 0 unspecified atom stereocenters. The number of nitrogens with one attached hydrogen (secondary N) is 1. The summed E-state index contributed by atoms with van der Waals surface area (Å²) >= 11 is 0. The zero-order valence-corrected chi connectivity index (χ0v) is 16.7. The minimum Gasteiger partial charge on any atom is -0.497 e. The molecule has 1 aromatic carbocycles. The molecule has 0 aliphatic heterocycles. The van der Waals surface area contributed by atoms with Crippen LogP contribution in [0, 0.1) is 0 Å². The van der Waals surface area contributed by atoms with E-state index in [-0.39, 0.29) is 24.4 Å². The second-order valence-corrected chi connectivity index (χ2v) is 8.65. The van der Waals surface area contributed by atoms with Crippen LogP contribution in [-0.2, 0) is 14.8 Å². The molecule has 0 atom stereocenters. The van der Waals surface area contributed by atoms with E-state index in [2.05, 4.69) is 5.32 Å². The largest absolute Gasteiger partial charge is 0.497 e. The summed E-state index contributed by atoms with van der Waals surface area (Å²) in [6, 6.07) is 5.48. The van der Waals surface area contributed by atoms with Crippen molar-refractivity contribution >= 4 is 16.1 Å². The minimum atomic E-state index is -4.10. The van der Waals surface area contributed by atoms with Crippen molar-refractivity contribution in [2.75, 3.05) is 26.7 Å². The third kappa shape index (κ3) is 8.08. The van der Waals surface area contributed by atoms with E-state index in [0.717, 1.165) is 0 Å². The molecular formula is C17H26F2N2O5S. The first-order chi connectivity index (χ1) is 12.5. The van der Waals surface area contributed by atoms with Gasteiger partial charge in [0.15, 0.2) is 0 Å². The number of alkyl carbamates (subject to hydrolysis) is 1. The van der Waals surface area contributed by atoms with Crippen LogP contribution in [0.25, 0.3) is 0 Å². The fraction of sp³-hybridized carbons (Fsp3) is 0.588. The Hall–Kier alpha value is -1.94. The Morgan fingerprint density at radius 3 is 2.30 bits per heavy atom. The molecule has 7 nitrogen and oxygen atoms in total. The average Bonchev–Trinajstić information content (AvgIpc) is 2.55. The lowest BCUT2D eigenvalue weighted by atomic mass is 10.2. The van der Waals surface area contributed by atoms with Crippen LogP contribution in [0.4, 0.5) is 13.6 Å². The summed E-state index contributed by atoms with van der Waals surface area (Å²) in [6.45, 7) is 4.11. The van der Waals surface area contributed by atoms with Gasteiger partial charge in [-0.25, -0.2) is 22.0 Å². The van der Waals surface area contributed by atoms with Crippen molar-refractivity contribution in [1.82, 2.24) is 9.62 Å². The SMILES string of the molecule is COc1ccc(S(=O)(=O)N(CCCNC(=O)OC(C)(C)C)CC(F)F)cc1. The van der Waals surface area contributed by atoms with Crippen LogP contribution in [0.3, 0.4) is 0 Å². The normalized spacial score (nSPS) is 12.3. The molecule has 0 saturated heterocycles. The first kappa shape index (κ1) is 23.1. The van der Waals surface area contributed by atoms with Crippen molar-refractivity contribution in [1.29, 1.82) is 0 Å². The Balaban J connectivity index is 2.73. The Bertz CT molecular complexity index is 703. The summed E-state index contributed by atoms with van der Waals surface area (Å²) in [5.41, 5.74) is -0.663. The average molecular weight is 408 g/mol. The molecule has 1 amide bonds. The number of hydrogen-bond acceptors (Lipinski definition) is 5. The number of nitrogens with zero attached hydrogens (tertiary/aromatic N) is 1. The summed E-state index contributed by atoms with van der Waals surface area (Å²) in [7, 11) is -2.66. The van der Waals surface area contributed by atoms with E-state index in [1.807, 2.05) is 0 Å². The second kappa shape index (κ2) is 9.84. The third-order valence-electron chi connectivity index (χ3n) is 3.29. The van der Waals surface area contributed by atoms with E-state index in [0.29, 0.717) is 10.1 Å². The molecule has 0 heterocycles. The lowest BCUT2D eigenvalue weighted by Gasteiger charge is -2.22. The number of amides is 1. The van der Waals surface area contributed by atoms with Gasteiger partial charge in [-0.2, -0.15) is 4.31 Å². The number of ether oxygens (including phenoxy) is 2. The predicted molar refractivity (Wildman–Crippen MR) is 96.6 cm³/mol. The van der Waals surface area contributed by atoms with E-state index in [4.69, 9.17) is 9.47 Å². The number of rotatable bonds is 9. The number of carbonyl (C=O) groups excluding carboxylic acids is 1. The minimum absolute atomic E-state index is 0.0901.